The largest absolute Gasteiger partial charge is 0.493 e. The van der Waals surface area contributed by atoms with Gasteiger partial charge in [0.2, 0.25) is 0 Å². The minimum Gasteiger partial charge on any atom is -0.493 e. The molecule has 9 heteroatoms. The van der Waals surface area contributed by atoms with Gasteiger partial charge in [-0.1, -0.05) is 90.5 Å². The zero-order valence-corrected chi connectivity index (χ0v) is 29.3. The molecule has 5 aromatic rings. The lowest BCUT2D eigenvalue weighted by atomic mass is 9.76. The summed E-state index contributed by atoms with van der Waals surface area (Å²) in [6.45, 7) is 2.10. The van der Waals surface area contributed by atoms with Crippen molar-refractivity contribution in [3.8, 4) is 11.5 Å². The second-order valence-corrected chi connectivity index (χ2v) is 13.7. The minimum atomic E-state index is -0.780. The number of carbonyl (C=O) groups is 3. The summed E-state index contributed by atoms with van der Waals surface area (Å²) in [5, 5.41) is 3.03. The number of ether oxygens (including phenoxy) is 2. The fourth-order valence-electron chi connectivity index (χ4n) is 7.71. The van der Waals surface area contributed by atoms with E-state index in [4.69, 9.17) is 21.1 Å². The molecule has 0 aromatic heterocycles. The van der Waals surface area contributed by atoms with Gasteiger partial charge in [0.1, 0.15) is 12.2 Å². The van der Waals surface area contributed by atoms with E-state index >= 15 is 0 Å². The number of halogens is 1. The predicted molar refractivity (Wildman–Crippen MR) is 202 cm³/mol. The third kappa shape index (κ3) is 6.31. The Labute approximate surface area is 307 Å². The van der Waals surface area contributed by atoms with Crippen LogP contribution in [-0.4, -0.2) is 38.0 Å². The minimum absolute atomic E-state index is 0.0762. The number of hydrogen-bond donors (Lipinski definition) is 1. The summed E-state index contributed by atoms with van der Waals surface area (Å²) < 4.78 is 11.6. The Hall–Kier alpha value is -5.86. The van der Waals surface area contributed by atoms with Gasteiger partial charge in [0.15, 0.2) is 11.5 Å². The van der Waals surface area contributed by atoms with Gasteiger partial charge in [0, 0.05) is 35.6 Å². The normalized spacial score (nSPS) is 19.0. The molecule has 52 heavy (non-hydrogen) atoms. The maximum absolute atomic E-state index is 14.3. The summed E-state index contributed by atoms with van der Waals surface area (Å²) in [4.78, 5) is 44.7. The van der Waals surface area contributed by atoms with Crippen LogP contribution in [0.15, 0.2) is 121 Å². The van der Waals surface area contributed by atoms with Crippen LogP contribution in [0.2, 0.25) is 5.02 Å². The fourth-order valence-corrected chi connectivity index (χ4v) is 7.92. The molecule has 3 aliphatic heterocycles. The van der Waals surface area contributed by atoms with Gasteiger partial charge in [0.25, 0.3) is 11.8 Å². The van der Waals surface area contributed by atoms with Crippen molar-refractivity contribution in [1.29, 1.82) is 0 Å². The van der Waals surface area contributed by atoms with Crippen LogP contribution in [0.3, 0.4) is 0 Å². The van der Waals surface area contributed by atoms with Crippen molar-refractivity contribution in [2.45, 2.75) is 31.3 Å². The summed E-state index contributed by atoms with van der Waals surface area (Å²) in [7, 11) is 1.52. The number of urea groups is 1. The molecule has 1 fully saturated rings. The number of methoxy groups -OCH3 is 1. The molecule has 1 N–H and O–H groups in total. The van der Waals surface area contributed by atoms with E-state index in [2.05, 4.69) is 34.5 Å². The molecule has 3 aliphatic rings. The SMILES string of the molecule is COc1cc(/C=C2\C(=O)NC(=O)N(c3cc4c5c(c3)[C@H](c3ccccc3)CCN5CC[C@H]4c3ccccc3)C2=O)ccc1OCc1cccc(Cl)c1. The van der Waals surface area contributed by atoms with E-state index < -0.39 is 17.8 Å². The van der Waals surface area contributed by atoms with Gasteiger partial charge in [0.05, 0.1) is 12.8 Å². The van der Waals surface area contributed by atoms with Gasteiger partial charge in [-0.15, -0.1) is 0 Å². The number of anilines is 2. The Bertz CT molecular complexity index is 2150. The van der Waals surface area contributed by atoms with E-state index in [1.807, 2.05) is 66.7 Å². The van der Waals surface area contributed by atoms with Crippen molar-refractivity contribution < 1.29 is 23.9 Å². The van der Waals surface area contributed by atoms with Gasteiger partial charge < -0.3 is 14.4 Å². The van der Waals surface area contributed by atoms with E-state index in [0.717, 1.165) is 47.5 Å². The van der Waals surface area contributed by atoms with Crippen LogP contribution in [0.25, 0.3) is 6.08 Å². The molecule has 2 atom stereocenters. The van der Waals surface area contributed by atoms with Gasteiger partial charge in [-0.2, -0.15) is 0 Å². The highest BCUT2D eigenvalue weighted by atomic mass is 35.5. The van der Waals surface area contributed by atoms with E-state index in [-0.39, 0.29) is 24.0 Å². The van der Waals surface area contributed by atoms with Crippen molar-refractivity contribution in [2.75, 3.05) is 30.0 Å². The summed E-state index contributed by atoms with van der Waals surface area (Å²) >= 11 is 6.13. The Morgan fingerprint density at radius 1 is 0.769 bits per heavy atom. The fraction of sp³-hybridized carbons (Fsp3) is 0.186. The number of rotatable bonds is 8. The zero-order chi connectivity index (χ0) is 35.8. The second kappa shape index (κ2) is 14.0. The average molecular weight is 710 g/mol. The molecule has 8 rings (SSSR count). The number of nitrogens with zero attached hydrogens (tertiary/aromatic N) is 2. The Kier molecular flexibility index (Phi) is 8.99. The molecule has 3 heterocycles. The van der Waals surface area contributed by atoms with E-state index in [0.29, 0.717) is 27.8 Å². The summed E-state index contributed by atoms with van der Waals surface area (Å²) in [5.41, 5.74) is 7.38. The van der Waals surface area contributed by atoms with Gasteiger partial charge in [-0.3, -0.25) is 14.9 Å². The Balaban J connectivity index is 1.17. The van der Waals surface area contributed by atoms with Gasteiger partial charge in [-0.25, -0.2) is 9.69 Å². The first-order valence-electron chi connectivity index (χ1n) is 17.4. The number of imide groups is 2. The molecule has 0 spiro atoms. The van der Waals surface area contributed by atoms with Crippen molar-refractivity contribution in [3.63, 3.8) is 0 Å². The van der Waals surface area contributed by atoms with Crippen LogP contribution < -0.4 is 24.6 Å². The zero-order valence-electron chi connectivity index (χ0n) is 28.6. The first kappa shape index (κ1) is 33.3. The van der Waals surface area contributed by atoms with Crippen molar-refractivity contribution >= 4 is 46.9 Å². The highest BCUT2D eigenvalue weighted by Crippen LogP contribution is 2.50. The summed E-state index contributed by atoms with van der Waals surface area (Å²) in [6.07, 6.45) is 3.28. The maximum atomic E-state index is 14.3. The van der Waals surface area contributed by atoms with E-state index in [1.54, 1.807) is 24.3 Å². The average Bonchev–Trinajstić information content (AvgIpc) is 3.16. The lowest BCUT2D eigenvalue weighted by Gasteiger charge is -2.44. The maximum Gasteiger partial charge on any atom is 0.335 e. The number of benzene rings is 5. The van der Waals surface area contributed by atoms with Gasteiger partial charge >= 0.3 is 6.03 Å². The molecule has 5 aromatic carbocycles. The first-order valence-corrected chi connectivity index (χ1v) is 17.7. The van der Waals surface area contributed by atoms with Crippen LogP contribution in [-0.2, 0) is 16.2 Å². The number of barbiturate groups is 1. The number of nitrogens with one attached hydrogen (secondary N) is 1. The van der Waals surface area contributed by atoms with Crippen LogP contribution in [0.5, 0.6) is 11.5 Å². The van der Waals surface area contributed by atoms with Gasteiger partial charge in [-0.05, 0) is 88.7 Å². The van der Waals surface area contributed by atoms with Crippen molar-refractivity contribution in [1.82, 2.24) is 5.32 Å². The number of carbonyl (C=O) groups excluding carboxylic acids is 3. The number of amides is 4. The summed E-state index contributed by atoms with van der Waals surface area (Å²) in [6, 6.07) is 36.4. The lowest BCUT2D eigenvalue weighted by molar-refractivity contribution is -0.122. The van der Waals surface area contributed by atoms with Crippen molar-refractivity contribution in [2.24, 2.45) is 0 Å². The molecule has 0 radical (unpaired) electrons. The Morgan fingerprint density at radius 2 is 1.42 bits per heavy atom. The molecule has 0 bridgehead atoms. The highest BCUT2D eigenvalue weighted by Gasteiger charge is 2.40. The molecule has 8 nitrogen and oxygen atoms in total. The molecular formula is C43H36ClN3O5. The van der Waals surface area contributed by atoms with Crippen molar-refractivity contribution in [3.05, 3.63) is 159 Å². The smallest absolute Gasteiger partial charge is 0.335 e. The third-order valence-corrected chi connectivity index (χ3v) is 10.4. The lowest BCUT2D eigenvalue weighted by Crippen LogP contribution is -2.54. The van der Waals surface area contributed by atoms with Crippen LogP contribution in [0, 0.1) is 0 Å². The van der Waals surface area contributed by atoms with E-state index in [9.17, 15) is 14.4 Å². The molecule has 0 unspecified atom stereocenters. The standard InChI is InChI=1S/C43H36ClN3O5/c1-51-39-23-27(15-16-38(39)52-26-28-9-8-14-31(44)21-28)22-37-41(48)45-43(50)47(42(37)49)32-24-35-33(29-10-4-2-5-11-29)17-19-46-20-18-34(36(25-32)40(35)46)30-12-6-3-7-13-30/h2-16,21-25,33-34H,17-20,26H2,1H3,(H,45,48,50)/b37-22+/t33-,34-/m0/s1. The van der Waals surface area contributed by atoms with Crippen LogP contribution in [0.1, 0.15) is 58.1 Å². The molecule has 4 amide bonds. The monoisotopic (exact) mass is 709 g/mol. The second-order valence-electron chi connectivity index (χ2n) is 13.3. The first-order chi connectivity index (χ1) is 25.4. The van der Waals surface area contributed by atoms with Crippen LogP contribution in [0.4, 0.5) is 16.2 Å². The van der Waals surface area contributed by atoms with Crippen LogP contribution >= 0.6 is 11.6 Å². The van der Waals surface area contributed by atoms with E-state index in [1.165, 1.54) is 30.0 Å². The molecule has 0 saturated carbocycles. The third-order valence-electron chi connectivity index (χ3n) is 10.1. The molecule has 260 valence electrons. The summed E-state index contributed by atoms with van der Waals surface area (Å²) in [5.74, 6) is -0.401. The molecule has 1 saturated heterocycles. The molecular weight excluding hydrogens is 674 g/mol. The highest BCUT2D eigenvalue weighted by molar-refractivity contribution is 6.39. The quantitative estimate of drug-likeness (QED) is 0.129. The molecule has 0 aliphatic carbocycles. The number of hydrogen-bond acceptors (Lipinski definition) is 6. The topological polar surface area (TPSA) is 88.2 Å². The predicted octanol–water partition coefficient (Wildman–Crippen LogP) is 8.47. The Morgan fingerprint density at radius 3 is 2.04 bits per heavy atom.